The fourth-order valence-corrected chi connectivity index (χ4v) is 0.927. The number of benzene rings is 1. The van der Waals surface area contributed by atoms with Gasteiger partial charge in [-0.25, -0.2) is 8.78 Å². The van der Waals surface area contributed by atoms with Crippen molar-refractivity contribution in [1.29, 1.82) is 0 Å². The molecule has 1 aromatic rings. The lowest BCUT2D eigenvalue weighted by Gasteiger charge is -1.99. The molecule has 2 N–H and O–H groups in total. The average Bonchev–Trinajstić information content (AvgIpc) is 1.99. The molecular formula is C7H5BrClF2NO. The molecule has 0 radical (unpaired) electrons. The highest BCUT2D eigenvalue weighted by Crippen LogP contribution is 2.20. The number of carbonyl (C=O) groups is 1. The summed E-state index contributed by atoms with van der Waals surface area (Å²) in [5.41, 5.74) is 4.63. The van der Waals surface area contributed by atoms with Crippen molar-refractivity contribution in [3.05, 3.63) is 33.8 Å². The minimum absolute atomic E-state index is 0. The summed E-state index contributed by atoms with van der Waals surface area (Å²) in [6.45, 7) is 0. The minimum Gasteiger partial charge on any atom is -0.366 e. The highest BCUT2D eigenvalue weighted by molar-refractivity contribution is 9.10. The molecule has 1 amide bonds. The second-order valence-corrected chi connectivity index (χ2v) is 2.91. The third kappa shape index (κ3) is 2.63. The van der Waals surface area contributed by atoms with Gasteiger partial charge < -0.3 is 5.73 Å². The van der Waals surface area contributed by atoms with E-state index in [1.807, 2.05) is 0 Å². The molecule has 2 nitrogen and oxygen atoms in total. The Balaban J connectivity index is 0.00000144. The van der Waals surface area contributed by atoms with Gasteiger partial charge in [0.15, 0.2) is 0 Å². The van der Waals surface area contributed by atoms with Gasteiger partial charge in [-0.3, -0.25) is 4.79 Å². The van der Waals surface area contributed by atoms with Crippen LogP contribution in [0.4, 0.5) is 8.78 Å². The Morgan fingerprint density at radius 1 is 1.31 bits per heavy atom. The second-order valence-electron chi connectivity index (χ2n) is 2.12. The predicted molar refractivity (Wildman–Crippen MR) is 49.8 cm³/mol. The zero-order valence-electron chi connectivity index (χ0n) is 6.18. The third-order valence-electron chi connectivity index (χ3n) is 1.27. The number of amides is 1. The van der Waals surface area contributed by atoms with E-state index in [-0.39, 0.29) is 22.4 Å². The van der Waals surface area contributed by atoms with Crippen LogP contribution >= 0.6 is 28.3 Å². The van der Waals surface area contributed by atoms with Crippen LogP contribution in [0, 0.1) is 11.6 Å². The fourth-order valence-electron chi connectivity index (χ4n) is 0.698. The molecule has 0 aliphatic rings. The smallest absolute Gasteiger partial charge is 0.248 e. The summed E-state index contributed by atoms with van der Waals surface area (Å²) in [4.78, 5) is 10.5. The van der Waals surface area contributed by atoms with Crippen LogP contribution in [0.5, 0.6) is 0 Å². The standard InChI is InChI=1S/C7H4BrF2NO.ClH/c8-6-4(9)1-3(7(11)12)2-5(6)10;/h1-2H,(H2,11,12);1H. The molecular weight excluding hydrogens is 267 g/mol. The van der Waals surface area contributed by atoms with E-state index in [2.05, 4.69) is 15.9 Å². The Labute approximate surface area is 87.6 Å². The Morgan fingerprint density at radius 3 is 2.00 bits per heavy atom. The van der Waals surface area contributed by atoms with Crippen LogP contribution in [0.15, 0.2) is 16.6 Å². The van der Waals surface area contributed by atoms with E-state index >= 15 is 0 Å². The lowest BCUT2D eigenvalue weighted by Crippen LogP contribution is -2.11. The van der Waals surface area contributed by atoms with Crippen LogP contribution in [0.2, 0.25) is 0 Å². The van der Waals surface area contributed by atoms with E-state index < -0.39 is 17.5 Å². The van der Waals surface area contributed by atoms with Crippen molar-refractivity contribution in [3.8, 4) is 0 Å². The number of carbonyl (C=O) groups excluding carboxylic acids is 1. The summed E-state index contributed by atoms with van der Waals surface area (Å²) in [7, 11) is 0. The number of halogens is 4. The molecule has 0 unspecified atom stereocenters. The number of hydrogen-bond acceptors (Lipinski definition) is 1. The largest absolute Gasteiger partial charge is 0.366 e. The van der Waals surface area contributed by atoms with Gasteiger partial charge in [0.25, 0.3) is 0 Å². The lowest BCUT2D eigenvalue weighted by molar-refractivity contribution is 0.0999. The summed E-state index contributed by atoms with van der Waals surface area (Å²) in [6.07, 6.45) is 0. The molecule has 0 saturated carbocycles. The van der Waals surface area contributed by atoms with E-state index in [9.17, 15) is 13.6 Å². The van der Waals surface area contributed by atoms with Gasteiger partial charge in [-0.15, -0.1) is 12.4 Å². The minimum atomic E-state index is -0.861. The molecule has 0 aliphatic heterocycles. The lowest BCUT2D eigenvalue weighted by atomic mass is 10.2. The number of hydrogen-bond donors (Lipinski definition) is 1. The van der Waals surface area contributed by atoms with E-state index in [0.717, 1.165) is 12.1 Å². The summed E-state index contributed by atoms with van der Waals surface area (Å²) in [5.74, 6) is -2.55. The number of rotatable bonds is 1. The average molecular weight is 272 g/mol. The third-order valence-corrected chi connectivity index (χ3v) is 2.03. The van der Waals surface area contributed by atoms with Gasteiger partial charge in [-0.05, 0) is 28.1 Å². The zero-order valence-corrected chi connectivity index (χ0v) is 8.58. The molecule has 72 valence electrons. The molecule has 0 spiro atoms. The van der Waals surface area contributed by atoms with Gasteiger partial charge in [0.1, 0.15) is 11.6 Å². The molecule has 13 heavy (non-hydrogen) atoms. The van der Waals surface area contributed by atoms with Crippen LogP contribution in [-0.4, -0.2) is 5.91 Å². The summed E-state index contributed by atoms with van der Waals surface area (Å²) in [5, 5.41) is 0. The molecule has 0 heterocycles. The maximum atomic E-state index is 12.7. The van der Waals surface area contributed by atoms with Crippen molar-refractivity contribution in [3.63, 3.8) is 0 Å². The monoisotopic (exact) mass is 271 g/mol. The van der Waals surface area contributed by atoms with Crippen LogP contribution in [0.1, 0.15) is 10.4 Å². The first kappa shape index (κ1) is 12.3. The molecule has 0 saturated heterocycles. The molecule has 0 atom stereocenters. The zero-order chi connectivity index (χ0) is 9.30. The van der Waals surface area contributed by atoms with Gasteiger partial charge in [0.2, 0.25) is 5.91 Å². The first-order valence-corrected chi connectivity index (χ1v) is 3.76. The van der Waals surface area contributed by atoms with E-state index in [1.54, 1.807) is 0 Å². The van der Waals surface area contributed by atoms with Gasteiger partial charge in [0.05, 0.1) is 4.47 Å². The second kappa shape index (κ2) is 4.53. The Hall–Kier alpha value is -0.680. The molecule has 0 bridgehead atoms. The summed E-state index contributed by atoms with van der Waals surface area (Å²) < 4.78 is 25.1. The molecule has 0 aliphatic carbocycles. The Morgan fingerprint density at radius 2 is 1.69 bits per heavy atom. The van der Waals surface area contributed by atoms with Crippen LogP contribution in [0.25, 0.3) is 0 Å². The van der Waals surface area contributed by atoms with Crippen molar-refractivity contribution < 1.29 is 13.6 Å². The molecule has 1 aromatic carbocycles. The van der Waals surface area contributed by atoms with E-state index in [4.69, 9.17) is 5.73 Å². The molecule has 1 rings (SSSR count). The van der Waals surface area contributed by atoms with Crippen molar-refractivity contribution >= 4 is 34.2 Å². The van der Waals surface area contributed by atoms with Crippen molar-refractivity contribution in [2.45, 2.75) is 0 Å². The van der Waals surface area contributed by atoms with E-state index in [0.29, 0.717) is 0 Å². The van der Waals surface area contributed by atoms with Crippen LogP contribution in [0.3, 0.4) is 0 Å². The Bertz CT molecular complexity index is 322. The van der Waals surface area contributed by atoms with Crippen molar-refractivity contribution in [2.24, 2.45) is 5.73 Å². The molecule has 0 fully saturated rings. The number of primary amides is 1. The van der Waals surface area contributed by atoms with Crippen LogP contribution < -0.4 is 5.73 Å². The SMILES string of the molecule is Cl.NC(=O)c1cc(F)c(Br)c(F)c1. The molecule has 0 aromatic heterocycles. The van der Waals surface area contributed by atoms with Gasteiger partial charge in [-0.1, -0.05) is 0 Å². The van der Waals surface area contributed by atoms with Gasteiger partial charge in [-0.2, -0.15) is 0 Å². The normalized spacial score (nSPS) is 9.15. The summed E-state index contributed by atoms with van der Waals surface area (Å²) in [6, 6.07) is 1.74. The number of nitrogens with two attached hydrogens (primary N) is 1. The predicted octanol–water partition coefficient (Wildman–Crippen LogP) is 2.25. The highest BCUT2D eigenvalue weighted by atomic mass is 79.9. The summed E-state index contributed by atoms with van der Waals surface area (Å²) >= 11 is 2.66. The fraction of sp³-hybridized carbons (Fsp3) is 0. The van der Waals surface area contributed by atoms with Crippen LogP contribution in [-0.2, 0) is 0 Å². The maximum Gasteiger partial charge on any atom is 0.248 e. The van der Waals surface area contributed by atoms with Gasteiger partial charge in [0, 0.05) is 5.56 Å². The first-order valence-electron chi connectivity index (χ1n) is 2.96. The van der Waals surface area contributed by atoms with Crippen molar-refractivity contribution in [1.82, 2.24) is 0 Å². The van der Waals surface area contributed by atoms with Crippen molar-refractivity contribution in [2.75, 3.05) is 0 Å². The highest BCUT2D eigenvalue weighted by Gasteiger charge is 2.10. The van der Waals surface area contributed by atoms with E-state index in [1.165, 1.54) is 0 Å². The maximum absolute atomic E-state index is 12.7. The Kier molecular flexibility index (Phi) is 4.29. The topological polar surface area (TPSA) is 43.1 Å². The first-order chi connectivity index (χ1) is 5.52. The quantitative estimate of drug-likeness (QED) is 0.783. The molecule has 6 heteroatoms. The van der Waals surface area contributed by atoms with Gasteiger partial charge >= 0.3 is 0 Å².